The molecule has 14 heavy (non-hydrogen) atoms. The fraction of sp³-hybridized carbons (Fsp3) is 0.462. The highest BCUT2D eigenvalue weighted by atomic mass is 14.3. The van der Waals surface area contributed by atoms with Crippen molar-refractivity contribution in [2.75, 3.05) is 0 Å². The number of hydrogen-bond acceptors (Lipinski definition) is 1. The lowest BCUT2D eigenvalue weighted by molar-refractivity contribution is 0.473. The fourth-order valence-electron chi connectivity index (χ4n) is 1.51. The SMILES string of the molecule is Cc1ccccc1CC(C#N)C(C)C. The van der Waals surface area contributed by atoms with Crippen LogP contribution in [0.3, 0.4) is 0 Å². The molecule has 1 aromatic carbocycles. The van der Waals surface area contributed by atoms with E-state index in [2.05, 4.69) is 39.0 Å². The van der Waals surface area contributed by atoms with E-state index in [-0.39, 0.29) is 5.92 Å². The highest BCUT2D eigenvalue weighted by Gasteiger charge is 2.13. The molecule has 0 aliphatic rings. The first kappa shape index (κ1) is 10.8. The van der Waals surface area contributed by atoms with Gasteiger partial charge in [0, 0.05) is 0 Å². The number of aryl methyl sites for hydroxylation is 1. The van der Waals surface area contributed by atoms with Gasteiger partial charge in [-0.15, -0.1) is 0 Å². The Morgan fingerprint density at radius 2 is 1.93 bits per heavy atom. The van der Waals surface area contributed by atoms with Crippen LogP contribution in [0.1, 0.15) is 25.0 Å². The fourth-order valence-corrected chi connectivity index (χ4v) is 1.51. The minimum atomic E-state index is 0.135. The van der Waals surface area contributed by atoms with E-state index in [1.54, 1.807) is 0 Å². The van der Waals surface area contributed by atoms with E-state index in [0.29, 0.717) is 5.92 Å². The zero-order chi connectivity index (χ0) is 10.6. The van der Waals surface area contributed by atoms with Crippen LogP contribution in [0.5, 0.6) is 0 Å². The van der Waals surface area contributed by atoms with E-state index >= 15 is 0 Å². The van der Waals surface area contributed by atoms with E-state index in [1.165, 1.54) is 11.1 Å². The van der Waals surface area contributed by atoms with Crippen LogP contribution in [0.15, 0.2) is 24.3 Å². The Morgan fingerprint density at radius 3 is 2.43 bits per heavy atom. The van der Waals surface area contributed by atoms with Gasteiger partial charge in [-0.3, -0.25) is 0 Å². The van der Waals surface area contributed by atoms with Gasteiger partial charge in [-0.25, -0.2) is 0 Å². The second kappa shape index (κ2) is 4.81. The number of benzene rings is 1. The maximum Gasteiger partial charge on any atom is 0.0661 e. The van der Waals surface area contributed by atoms with Crippen LogP contribution < -0.4 is 0 Å². The molecule has 0 saturated heterocycles. The molecular formula is C13H17N. The van der Waals surface area contributed by atoms with Crippen molar-refractivity contribution in [3.05, 3.63) is 35.4 Å². The first-order chi connectivity index (χ1) is 6.65. The zero-order valence-corrected chi connectivity index (χ0v) is 9.12. The Bertz CT molecular complexity index is 333. The van der Waals surface area contributed by atoms with Crippen molar-refractivity contribution in [1.82, 2.24) is 0 Å². The summed E-state index contributed by atoms with van der Waals surface area (Å²) in [5.74, 6) is 0.565. The minimum absolute atomic E-state index is 0.135. The Labute approximate surface area is 86.4 Å². The van der Waals surface area contributed by atoms with Gasteiger partial charge in [-0.2, -0.15) is 5.26 Å². The van der Waals surface area contributed by atoms with E-state index in [9.17, 15) is 0 Å². The van der Waals surface area contributed by atoms with E-state index in [0.717, 1.165) is 6.42 Å². The second-order valence-electron chi connectivity index (χ2n) is 4.11. The van der Waals surface area contributed by atoms with E-state index in [1.807, 2.05) is 12.1 Å². The quantitative estimate of drug-likeness (QED) is 0.712. The monoisotopic (exact) mass is 187 g/mol. The third-order valence-electron chi connectivity index (χ3n) is 2.67. The molecule has 0 amide bonds. The molecule has 1 rings (SSSR count). The molecule has 0 bridgehead atoms. The zero-order valence-electron chi connectivity index (χ0n) is 9.12. The van der Waals surface area contributed by atoms with Crippen molar-refractivity contribution in [1.29, 1.82) is 5.26 Å². The van der Waals surface area contributed by atoms with Crippen LogP contribution in [0.25, 0.3) is 0 Å². The first-order valence-corrected chi connectivity index (χ1v) is 5.09. The Balaban J connectivity index is 2.78. The summed E-state index contributed by atoms with van der Waals surface area (Å²) in [5.41, 5.74) is 2.58. The maximum absolute atomic E-state index is 9.00. The molecule has 1 aromatic rings. The van der Waals surface area contributed by atoms with Crippen LogP contribution in [0.4, 0.5) is 0 Å². The molecule has 0 radical (unpaired) electrons. The Kier molecular flexibility index (Phi) is 3.71. The first-order valence-electron chi connectivity index (χ1n) is 5.09. The second-order valence-corrected chi connectivity index (χ2v) is 4.11. The summed E-state index contributed by atoms with van der Waals surface area (Å²) in [7, 11) is 0. The molecule has 1 heteroatoms. The van der Waals surface area contributed by atoms with Crippen molar-refractivity contribution in [3.8, 4) is 6.07 Å². The molecular weight excluding hydrogens is 170 g/mol. The molecule has 0 saturated carbocycles. The van der Waals surface area contributed by atoms with Gasteiger partial charge >= 0.3 is 0 Å². The highest BCUT2D eigenvalue weighted by Crippen LogP contribution is 2.18. The molecule has 0 aliphatic heterocycles. The minimum Gasteiger partial charge on any atom is -0.198 e. The average molecular weight is 187 g/mol. The van der Waals surface area contributed by atoms with Gasteiger partial charge in [-0.1, -0.05) is 38.1 Å². The van der Waals surface area contributed by atoms with E-state index in [4.69, 9.17) is 5.26 Å². The molecule has 0 fully saturated rings. The summed E-state index contributed by atoms with van der Waals surface area (Å²) in [6, 6.07) is 10.7. The third-order valence-corrected chi connectivity index (χ3v) is 2.67. The van der Waals surface area contributed by atoms with Crippen LogP contribution in [-0.4, -0.2) is 0 Å². The third kappa shape index (κ3) is 2.60. The lowest BCUT2D eigenvalue weighted by Crippen LogP contribution is -2.10. The van der Waals surface area contributed by atoms with Crippen LogP contribution >= 0.6 is 0 Å². The highest BCUT2D eigenvalue weighted by molar-refractivity contribution is 5.26. The number of nitriles is 1. The van der Waals surface area contributed by atoms with Crippen LogP contribution in [-0.2, 0) is 6.42 Å². The largest absolute Gasteiger partial charge is 0.198 e. The summed E-state index contributed by atoms with van der Waals surface area (Å²) in [5, 5.41) is 9.00. The lowest BCUT2D eigenvalue weighted by Gasteiger charge is -2.14. The van der Waals surface area contributed by atoms with Gasteiger partial charge in [-0.05, 0) is 30.4 Å². The molecule has 0 aliphatic carbocycles. The Hall–Kier alpha value is -1.29. The van der Waals surface area contributed by atoms with Crippen molar-refractivity contribution in [3.63, 3.8) is 0 Å². The van der Waals surface area contributed by atoms with Crippen molar-refractivity contribution in [2.24, 2.45) is 11.8 Å². The molecule has 0 N–H and O–H groups in total. The molecule has 1 unspecified atom stereocenters. The summed E-state index contributed by atoms with van der Waals surface area (Å²) in [6.45, 7) is 6.31. The number of hydrogen-bond donors (Lipinski definition) is 0. The summed E-state index contributed by atoms with van der Waals surface area (Å²) >= 11 is 0. The van der Waals surface area contributed by atoms with Gasteiger partial charge < -0.3 is 0 Å². The molecule has 1 nitrogen and oxygen atoms in total. The normalized spacial score (nSPS) is 12.5. The van der Waals surface area contributed by atoms with Gasteiger partial charge in [0.1, 0.15) is 0 Å². The lowest BCUT2D eigenvalue weighted by atomic mass is 9.89. The average Bonchev–Trinajstić information content (AvgIpc) is 2.16. The molecule has 1 atom stereocenters. The van der Waals surface area contributed by atoms with Gasteiger partial charge in [0.2, 0.25) is 0 Å². The number of nitrogens with zero attached hydrogens (tertiary/aromatic N) is 1. The predicted octanol–water partition coefficient (Wildman–Crippen LogP) is 3.33. The molecule has 0 spiro atoms. The summed E-state index contributed by atoms with van der Waals surface area (Å²) in [4.78, 5) is 0. The smallest absolute Gasteiger partial charge is 0.0661 e. The molecule has 0 aromatic heterocycles. The molecule has 74 valence electrons. The number of rotatable bonds is 3. The van der Waals surface area contributed by atoms with Crippen molar-refractivity contribution in [2.45, 2.75) is 27.2 Å². The van der Waals surface area contributed by atoms with E-state index < -0.39 is 0 Å². The van der Waals surface area contributed by atoms with Gasteiger partial charge in [0.25, 0.3) is 0 Å². The topological polar surface area (TPSA) is 23.8 Å². The van der Waals surface area contributed by atoms with Crippen LogP contribution in [0.2, 0.25) is 0 Å². The predicted molar refractivity (Wildman–Crippen MR) is 58.8 cm³/mol. The summed E-state index contributed by atoms with van der Waals surface area (Å²) < 4.78 is 0. The van der Waals surface area contributed by atoms with Gasteiger partial charge in [0.05, 0.1) is 12.0 Å². The standard InChI is InChI=1S/C13H17N/c1-10(2)13(9-14)8-12-7-5-4-6-11(12)3/h4-7,10,13H,8H2,1-3H3. The molecule has 0 heterocycles. The van der Waals surface area contributed by atoms with Crippen molar-refractivity contribution >= 4 is 0 Å². The maximum atomic E-state index is 9.00. The van der Waals surface area contributed by atoms with Crippen molar-refractivity contribution < 1.29 is 0 Å². The van der Waals surface area contributed by atoms with Gasteiger partial charge in [0.15, 0.2) is 0 Å². The summed E-state index contributed by atoms with van der Waals surface area (Å²) in [6.07, 6.45) is 0.876. The Morgan fingerprint density at radius 1 is 1.29 bits per heavy atom. The van der Waals surface area contributed by atoms with Crippen LogP contribution in [0, 0.1) is 30.1 Å².